The molecule has 5 nitrogen and oxygen atoms in total. The first kappa shape index (κ1) is 16.7. The van der Waals surface area contributed by atoms with Gasteiger partial charge in [-0.3, -0.25) is 4.90 Å². The van der Waals surface area contributed by atoms with Gasteiger partial charge >= 0.3 is 0 Å². The second-order valence-corrected chi connectivity index (χ2v) is 6.21. The van der Waals surface area contributed by atoms with E-state index in [1.807, 2.05) is 12.1 Å². The number of aromatic nitrogens is 1. The van der Waals surface area contributed by atoms with Crippen LogP contribution in [0.2, 0.25) is 0 Å². The van der Waals surface area contributed by atoms with Gasteiger partial charge in [0.25, 0.3) is 0 Å². The Morgan fingerprint density at radius 3 is 2.33 bits per heavy atom. The van der Waals surface area contributed by atoms with Crippen molar-refractivity contribution in [2.24, 2.45) is 7.05 Å². The lowest BCUT2D eigenvalue weighted by molar-refractivity contribution is 0.240. The van der Waals surface area contributed by atoms with Gasteiger partial charge in [-0.1, -0.05) is 0 Å². The van der Waals surface area contributed by atoms with Gasteiger partial charge in [0.05, 0.1) is 27.4 Å². The van der Waals surface area contributed by atoms with Crippen LogP contribution < -0.4 is 14.2 Å². The van der Waals surface area contributed by atoms with Crippen LogP contribution in [-0.2, 0) is 13.6 Å². The molecule has 1 aliphatic rings. The van der Waals surface area contributed by atoms with Crippen molar-refractivity contribution in [1.82, 2.24) is 9.47 Å². The highest BCUT2D eigenvalue weighted by atomic mass is 16.5. The van der Waals surface area contributed by atoms with Crippen molar-refractivity contribution in [2.45, 2.75) is 25.4 Å². The molecule has 0 saturated carbocycles. The van der Waals surface area contributed by atoms with Gasteiger partial charge in [-0.05, 0) is 49.2 Å². The summed E-state index contributed by atoms with van der Waals surface area (Å²) in [5, 5.41) is 0. The van der Waals surface area contributed by atoms with Gasteiger partial charge in [0, 0.05) is 25.5 Å². The van der Waals surface area contributed by atoms with Crippen LogP contribution in [0.3, 0.4) is 0 Å². The number of aryl methyl sites for hydroxylation is 1. The summed E-state index contributed by atoms with van der Waals surface area (Å²) in [6.07, 6.45) is 4.54. The van der Waals surface area contributed by atoms with Crippen LogP contribution in [0.5, 0.6) is 17.2 Å². The van der Waals surface area contributed by atoms with Gasteiger partial charge < -0.3 is 18.8 Å². The quantitative estimate of drug-likeness (QED) is 0.813. The first-order valence-electron chi connectivity index (χ1n) is 8.32. The third-order valence-electron chi connectivity index (χ3n) is 4.80. The van der Waals surface area contributed by atoms with Crippen molar-refractivity contribution >= 4 is 0 Å². The molecule has 1 aliphatic heterocycles. The molecule has 1 fully saturated rings. The molecule has 2 aromatic rings. The summed E-state index contributed by atoms with van der Waals surface area (Å²) in [7, 11) is 7.06. The SMILES string of the molecule is COc1cc(CN2CCC[C@H]2c2cccn2C)cc(OC)c1OC. The molecule has 0 spiro atoms. The summed E-state index contributed by atoms with van der Waals surface area (Å²) in [5.74, 6) is 2.06. The molecule has 0 radical (unpaired) electrons. The highest BCUT2D eigenvalue weighted by Crippen LogP contribution is 2.40. The van der Waals surface area contributed by atoms with E-state index < -0.39 is 0 Å². The fraction of sp³-hybridized carbons (Fsp3) is 0.474. The molecule has 130 valence electrons. The Morgan fingerprint density at radius 1 is 1.08 bits per heavy atom. The van der Waals surface area contributed by atoms with E-state index in [-0.39, 0.29) is 0 Å². The second kappa shape index (κ2) is 7.18. The van der Waals surface area contributed by atoms with Gasteiger partial charge in [-0.2, -0.15) is 0 Å². The van der Waals surface area contributed by atoms with E-state index in [4.69, 9.17) is 14.2 Å². The first-order chi connectivity index (χ1) is 11.7. The normalized spacial score (nSPS) is 17.9. The predicted octanol–water partition coefficient (Wildman–Crippen LogP) is 3.39. The number of ether oxygens (including phenoxy) is 3. The van der Waals surface area contributed by atoms with Gasteiger partial charge in [0.2, 0.25) is 5.75 Å². The highest BCUT2D eigenvalue weighted by Gasteiger charge is 2.28. The van der Waals surface area contributed by atoms with Crippen LogP contribution in [-0.4, -0.2) is 37.3 Å². The topological polar surface area (TPSA) is 35.9 Å². The molecule has 0 aliphatic carbocycles. The van der Waals surface area contributed by atoms with E-state index >= 15 is 0 Å². The third-order valence-corrected chi connectivity index (χ3v) is 4.80. The molecule has 5 heteroatoms. The average Bonchev–Trinajstić information content (AvgIpc) is 3.22. The molecule has 3 rings (SSSR count). The standard InChI is InChI=1S/C19H26N2O3/c1-20-9-5-7-15(20)16-8-6-10-21(16)13-14-11-17(22-2)19(24-4)18(12-14)23-3/h5,7,9,11-12,16H,6,8,10,13H2,1-4H3/t16-/m0/s1. The zero-order valence-corrected chi connectivity index (χ0v) is 14.9. The zero-order valence-electron chi connectivity index (χ0n) is 14.9. The minimum atomic E-state index is 0.462. The minimum Gasteiger partial charge on any atom is -0.493 e. The van der Waals surface area contributed by atoms with Crippen LogP contribution in [0.15, 0.2) is 30.5 Å². The number of likely N-dealkylation sites (tertiary alicyclic amines) is 1. The van der Waals surface area contributed by atoms with Crippen LogP contribution in [0.1, 0.15) is 30.1 Å². The maximum absolute atomic E-state index is 5.47. The monoisotopic (exact) mass is 330 g/mol. The molecular weight excluding hydrogens is 304 g/mol. The Bertz CT molecular complexity index is 671. The zero-order chi connectivity index (χ0) is 17.1. The molecule has 0 unspecified atom stereocenters. The molecule has 1 saturated heterocycles. The fourth-order valence-electron chi connectivity index (χ4n) is 3.63. The Labute approximate surface area is 143 Å². The van der Waals surface area contributed by atoms with Crippen LogP contribution in [0.4, 0.5) is 0 Å². The van der Waals surface area contributed by atoms with E-state index in [9.17, 15) is 0 Å². The highest BCUT2D eigenvalue weighted by molar-refractivity contribution is 5.53. The lowest BCUT2D eigenvalue weighted by Crippen LogP contribution is -2.24. The maximum Gasteiger partial charge on any atom is 0.203 e. The largest absolute Gasteiger partial charge is 0.493 e. The van der Waals surface area contributed by atoms with E-state index in [1.165, 1.54) is 24.1 Å². The molecule has 1 atom stereocenters. The first-order valence-corrected chi connectivity index (χ1v) is 8.32. The van der Waals surface area contributed by atoms with E-state index in [0.29, 0.717) is 23.3 Å². The van der Waals surface area contributed by atoms with Crippen molar-refractivity contribution in [3.8, 4) is 17.2 Å². The van der Waals surface area contributed by atoms with Crippen LogP contribution >= 0.6 is 0 Å². The molecule has 0 amide bonds. The Balaban J connectivity index is 1.86. The molecule has 0 N–H and O–H groups in total. The number of benzene rings is 1. The van der Waals surface area contributed by atoms with Gasteiger partial charge in [0.15, 0.2) is 11.5 Å². The Hall–Kier alpha value is -2.14. The summed E-state index contributed by atoms with van der Waals surface area (Å²) in [6, 6.07) is 8.89. The minimum absolute atomic E-state index is 0.462. The van der Waals surface area contributed by atoms with Crippen molar-refractivity contribution in [2.75, 3.05) is 27.9 Å². The van der Waals surface area contributed by atoms with Crippen molar-refractivity contribution in [3.05, 3.63) is 41.7 Å². The van der Waals surface area contributed by atoms with E-state index in [1.54, 1.807) is 21.3 Å². The molecule has 1 aromatic heterocycles. The second-order valence-electron chi connectivity index (χ2n) is 6.21. The third kappa shape index (κ3) is 3.08. The van der Waals surface area contributed by atoms with E-state index in [0.717, 1.165) is 13.1 Å². The predicted molar refractivity (Wildman–Crippen MR) is 93.9 cm³/mol. The molecule has 1 aromatic carbocycles. The fourth-order valence-corrected chi connectivity index (χ4v) is 3.63. The van der Waals surface area contributed by atoms with Gasteiger partial charge in [-0.15, -0.1) is 0 Å². The van der Waals surface area contributed by atoms with Crippen LogP contribution in [0.25, 0.3) is 0 Å². The number of hydrogen-bond acceptors (Lipinski definition) is 4. The van der Waals surface area contributed by atoms with Gasteiger partial charge in [0.1, 0.15) is 0 Å². The average molecular weight is 330 g/mol. The molecule has 0 bridgehead atoms. The number of methoxy groups -OCH3 is 3. The summed E-state index contributed by atoms with van der Waals surface area (Å²) < 4.78 is 18.6. The smallest absolute Gasteiger partial charge is 0.203 e. The van der Waals surface area contributed by atoms with E-state index in [2.05, 4.69) is 34.8 Å². The summed E-state index contributed by atoms with van der Waals surface area (Å²) >= 11 is 0. The Kier molecular flexibility index (Phi) is 5.00. The molecule has 24 heavy (non-hydrogen) atoms. The molecule has 2 heterocycles. The number of hydrogen-bond donors (Lipinski definition) is 0. The summed E-state index contributed by atoms with van der Waals surface area (Å²) in [4.78, 5) is 2.52. The molecular formula is C19H26N2O3. The Morgan fingerprint density at radius 2 is 1.79 bits per heavy atom. The lowest BCUT2D eigenvalue weighted by atomic mass is 10.1. The summed E-state index contributed by atoms with van der Waals surface area (Å²) in [6.45, 7) is 1.97. The van der Waals surface area contributed by atoms with Crippen molar-refractivity contribution < 1.29 is 14.2 Å². The maximum atomic E-state index is 5.47. The number of rotatable bonds is 6. The van der Waals surface area contributed by atoms with Crippen molar-refractivity contribution in [3.63, 3.8) is 0 Å². The van der Waals surface area contributed by atoms with Crippen molar-refractivity contribution in [1.29, 1.82) is 0 Å². The van der Waals surface area contributed by atoms with Crippen LogP contribution in [0, 0.1) is 0 Å². The lowest BCUT2D eigenvalue weighted by Gasteiger charge is -2.26. The summed E-state index contributed by atoms with van der Waals surface area (Å²) in [5.41, 5.74) is 2.55. The number of nitrogens with zero attached hydrogens (tertiary/aromatic N) is 2. The van der Waals surface area contributed by atoms with Gasteiger partial charge in [-0.25, -0.2) is 0 Å².